The van der Waals surface area contributed by atoms with E-state index >= 15 is 0 Å². The van der Waals surface area contributed by atoms with Crippen molar-refractivity contribution in [1.29, 1.82) is 0 Å². The summed E-state index contributed by atoms with van der Waals surface area (Å²) >= 11 is 0. The van der Waals surface area contributed by atoms with Gasteiger partial charge in [-0.2, -0.15) is 0 Å². The molecule has 1 rings (SSSR count). The molecule has 0 fully saturated rings. The van der Waals surface area contributed by atoms with Gasteiger partial charge in [-0.3, -0.25) is 0 Å². The van der Waals surface area contributed by atoms with Crippen molar-refractivity contribution in [2.75, 3.05) is 19.8 Å². The fourth-order valence-corrected chi connectivity index (χ4v) is 4.00. The van der Waals surface area contributed by atoms with E-state index in [1.165, 1.54) is 62.5 Å². The van der Waals surface area contributed by atoms with Gasteiger partial charge in [0.15, 0.2) is 0 Å². The Morgan fingerprint density at radius 2 is 1.17 bits per heavy atom. The summed E-state index contributed by atoms with van der Waals surface area (Å²) in [5, 5.41) is 0. The largest absolute Gasteiger partial charge is 0.327 e. The monoisotopic (exact) mass is 406 g/mol. The van der Waals surface area contributed by atoms with Crippen LogP contribution in [-0.4, -0.2) is 25.8 Å². The summed E-state index contributed by atoms with van der Waals surface area (Å²) in [7, 11) is 0. The van der Waals surface area contributed by atoms with Crippen LogP contribution >= 0.6 is 0 Å². The lowest BCUT2D eigenvalue weighted by Crippen LogP contribution is -2.45. The molecule has 168 valence electrons. The molecule has 0 amide bonds. The first-order valence-corrected chi connectivity index (χ1v) is 12.2. The van der Waals surface area contributed by atoms with E-state index in [9.17, 15) is 0 Å². The van der Waals surface area contributed by atoms with E-state index in [4.69, 9.17) is 14.2 Å². The van der Waals surface area contributed by atoms with Crippen molar-refractivity contribution in [3.05, 3.63) is 35.4 Å². The average Bonchev–Trinajstić information content (AvgIpc) is 2.73. The van der Waals surface area contributed by atoms with Crippen molar-refractivity contribution in [1.82, 2.24) is 0 Å². The molecule has 0 saturated heterocycles. The lowest BCUT2D eigenvalue weighted by Gasteiger charge is -2.39. The van der Waals surface area contributed by atoms with E-state index in [-0.39, 0.29) is 5.92 Å². The minimum Gasteiger partial charge on any atom is -0.327 e. The SMILES string of the molecule is CCCCCCCCC(c1ccc(CCCC)cc1)C(OCC)(OCC)OCC. The van der Waals surface area contributed by atoms with Crippen LogP contribution in [0.25, 0.3) is 0 Å². The third-order valence-electron chi connectivity index (χ3n) is 5.51. The maximum atomic E-state index is 6.17. The summed E-state index contributed by atoms with van der Waals surface area (Å²) in [6.45, 7) is 12.3. The normalized spacial score (nSPS) is 13.0. The van der Waals surface area contributed by atoms with Gasteiger partial charge in [0.2, 0.25) is 0 Å². The third kappa shape index (κ3) is 9.19. The summed E-state index contributed by atoms with van der Waals surface area (Å²) in [5.41, 5.74) is 2.66. The molecule has 0 aliphatic heterocycles. The fraction of sp³-hybridized carbons (Fsp3) is 0.769. The lowest BCUT2D eigenvalue weighted by molar-refractivity contribution is -0.389. The molecule has 0 bridgehead atoms. The zero-order valence-electron chi connectivity index (χ0n) is 19.8. The standard InChI is InChI=1S/C26H46O3/c1-6-11-13-14-15-16-18-25(26(27-8-3,28-9-4)29-10-5)24-21-19-23(20-22-24)17-12-7-2/h19-22,25H,6-18H2,1-5H3. The molecule has 3 heteroatoms. The van der Waals surface area contributed by atoms with Crippen LogP contribution in [0.1, 0.15) is 109 Å². The molecule has 0 heterocycles. The first kappa shape index (κ1) is 26.1. The molecule has 0 aliphatic rings. The van der Waals surface area contributed by atoms with Gasteiger partial charge >= 0.3 is 0 Å². The summed E-state index contributed by atoms with van der Waals surface area (Å²) in [5.74, 6) is -0.916. The Balaban J connectivity index is 3.01. The number of benzene rings is 1. The first-order chi connectivity index (χ1) is 14.2. The molecule has 3 nitrogen and oxygen atoms in total. The van der Waals surface area contributed by atoms with E-state index in [1.54, 1.807) is 0 Å². The molecule has 1 unspecified atom stereocenters. The average molecular weight is 407 g/mol. The predicted molar refractivity (Wildman–Crippen MR) is 123 cm³/mol. The van der Waals surface area contributed by atoms with Crippen molar-refractivity contribution in [3.8, 4) is 0 Å². The third-order valence-corrected chi connectivity index (χ3v) is 5.51. The second-order valence-electron chi connectivity index (χ2n) is 7.86. The second-order valence-corrected chi connectivity index (χ2v) is 7.86. The van der Waals surface area contributed by atoms with Crippen LogP contribution in [0.3, 0.4) is 0 Å². The van der Waals surface area contributed by atoms with Crippen LogP contribution in [0, 0.1) is 0 Å². The van der Waals surface area contributed by atoms with Crippen LogP contribution in [0.4, 0.5) is 0 Å². The van der Waals surface area contributed by atoms with Gasteiger partial charge in [0.05, 0.1) is 5.92 Å². The van der Waals surface area contributed by atoms with Crippen LogP contribution < -0.4 is 0 Å². The highest BCUT2D eigenvalue weighted by molar-refractivity contribution is 5.27. The lowest BCUT2D eigenvalue weighted by atomic mass is 9.89. The van der Waals surface area contributed by atoms with E-state index in [1.807, 2.05) is 20.8 Å². The van der Waals surface area contributed by atoms with Crippen molar-refractivity contribution in [2.45, 2.75) is 111 Å². The van der Waals surface area contributed by atoms with Gasteiger partial charge in [0.25, 0.3) is 5.97 Å². The van der Waals surface area contributed by atoms with Crippen molar-refractivity contribution >= 4 is 0 Å². The van der Waals surface area contributed by atoms with E-state index < -0.39 is 5.97 Å². The molecule has 1 atom stereocenters. The molecule has 0 saturated carbocycles. The topological polar surface area (TPSA) is 27.7 Å². The summed E-state index contributed by atoms with van der Waals surface area (Å²) in [6.07, 6.45) is 12.3. The summed E-state index contributed by atoms with van der Waals surface area (Å²) in [6, 6.07) is 9.07. The fourth-order valence-electron chi connectivity index (χ4n) is 4.00. The molecule has 1 aromatic carbocycles. The molecule has 0 aromatic heterocycles. The van der Waals surface area contributed by atoms with Gasteiger partial charge in [-0.1, -0.05) is 83.1 Å². The zero-order valence-corrected chi connectivity index (χ0v) is 19.8. The van der Waals surface area contributed by atoms with Crippen LogP contribution in [-0.2, 0) is 20.6 Å². The Morgan fingerprint density at radius 1 is 0.655 bits per heavy atom. The number of unbranched alkanes of at least 4 members (excludes halogenated alkanes) is 6. The Bertz CT molecular complexity index is 480. The minimum atomic E-state index is -0.993. The second kappa shape index (κ2) is 15.9. The highest BCUT2D eigenvalue weighted by Crippen LogP contribution is 2.38. The summed E-state index contributed by atoms with van der Waals surface area (Å²) in [4.78, 5) is 0. The number of hydrogen-bond acceptors (Lipinski definition) is 3. The van der Waals surface area contributed by atoms with Crippen LogP contribution in [0.2, 0.25) is 0 Å². The van der Waals surface area contributed by atoms with Crippen molar-refractivity contribution < 1.29 is 14.2 Å². The molecular formula is C26H46O3. The molecule has 0 N–H and O–H groups in total. The molecule has 0 spiro atoms. The van der Waals surface area contributed by atoms with Crippen LogP contribution in [0.15, 0.2) is 24.3 Å². The number of rotatable bonds is 18. The Morgan fingerprint density at radius 3 is 1.69 bits per heavy atom. The van der Waals surface area contributed by atoms with E-state index in [2.05, 4.69) is 38.1 Å². The van der Waals surface area contributed by atoms with Gasteiger partial charge in [-0.25, -0.2) is 0 Å². The van der Waals surface area contributed by atoms with Gasteiger partial charge in [0.1, 0.15) is 0 Å². The van der Waals surface area contributed by atoms with E-state index in [0.717, 1.165) is 12.8 Å². The molecular weight excluding hydrogens is 360 g/mol. The van der Waals surface area contributed by atoms with Gasteiger partial charge in [-0.05, 0) is 51.2 Å². The molecule has 29 heavy (non-hydrogen) atoms. The highest BCUT2D eigenvalue weighted by Gasteiger charge is 2.42. The maximum absolute atomic E-state index is 6.17. The van der Waals surface area contributed by atoms with Gasteiger partial charge < -0.3 is 14.2 Å². The Labute approximate surface area is 180 Å². The number of aryl methyl sites for hydroxylation is 1. The zero-order chi connectivity index (χ0) is 21.4. The molecule has 0 aliphatic carbocycles. The van der Waals surface area contributed by atoms with Gasteiger partial charge in [-0.15, -0.1) is 0 Å². The van der Waals surface area contributed by atoms with Crippen molar-refractivity contribution in [2.24, 2.45) is 0 Å². The highest BCUT2D eigenvalue weighted by atomic mass is 16.9. The first-order valence-electron chi connectivity index (χ1n) is 12.2. The smallest absolute Gasteiger partial charge is 0.290 e. The number of hydrogen-bond donors (Lipinski definition) is 0. The van der Waals surface area contributed by atoms with E-state index in [0.29, 0.717) is 19.8 Å². The predicted octanol–water partition coefficient (Wildman–Crippen LogP) is 7.63. The van der Waals surface area contributed by atoms with Crippen LogP contribution in [0.5, 0.6) is 0 Å². The summed E-state index contributed by atoms with van der Waals surface area (Å²) < 4.78 is 18.5. The van der Waals surface area contributed by atoms with Crippen molar-refractivity contribution in [3.63, 3.8) is 0 Å². The maximum Gasteiger partial charge on any atom is 0.290 e. The molecule has 0 radical (unpaired) electrons. The van der Waals surface area contributed by atoms with Gasteiger partial charge in [0, 0.05) is 19.8 Å². The molecule has 1 aromatic rings. The Hall–Kier alpha value is -0.900. The number of ether oxygens (including phenoxy) is 3. The minimum absolute atomic E-state index is 0.0775. The Kier molecular flexibility index (Phi) is 14.3. The quantitative estimate of drug-likeness (QED) is 0.185.